The number of nitrogens with zero attached hydrogens (tertiary/aromatic N) is 3. The molecule has 2 heterocycles. The SMILES string of the molecule is COCCNc1nc2c(NC(C)CO)nc(SCc3cccc(F)c3F)nc2[nH]c1=O. The van der Waals surface area contributed by atoms with Crippen molar-refractivity contribution in [2.24, 2.45) is 0 Å². The molecule has 166 valence electrons. The van der Waals surface area contributed by atoms with E-state index in [0.29, 0.717) is 24.5 Å². The van der Waals surface area contributed by atoms with Crippen LogP contribution in [0.4, 0.5) is 20.4 Å². The van der Waals surface area contributed by atoms with Crippen molar-refractivity contribution in [2.45, 2.75) is 23.9 Å². The van der Waals surface area contributed by atoms with Crippen LogP contribution in [0.15, 0.2) is 28.2 Å². The van der Waals surface area contributed by atoms with E-state index in [1.165, 1.54) is 12.1 Å². The summed E-state index contributed by atoms with van der Waals surface area (Å²) in [5.74, 6) is -1.41. The number of aromatic amines is 1. The van der Waals surface area contributed by atoms with Crippen LogP contribution in [0.5, 0.6) is 0 Å². The van der Waals surface area contributed by atoms with Crippen LogP contribution in [-0.4, -0.2) is 58.0 Å². The average molecular weight is 452 g/mol. The molecule has 0 saturated heterocycles. The number of nitrogens with one attached hydrogen (secondary N) is 3. The normalized spacial score (nSPS) is 12.2. The molecule has 31 heavy (non-hydrogen) atoms. The number of H-pyrrole nitrogens is 1. The summed E-state index contributed by atoms with van der Waals surface area (Å²) in [5, 5.41) is 15.5. The van der Waals surface area contributed by atoms with E-state index in [1.807, 2.05) is 0 Å². The topological polar surface area (TPSA) is 125 Å². The number of halogens is 2. The molecule has 3 rings (SSSR count). The van der Waals surface area contributed by atoms with Crippen LogP contribution in [0, 0.1) is 11.6 Å². The highest BCUT2D eigenvalue weighted by Gasteiger charge is 2.16. The van der Waals surface area contributed by atoms with Gasteiger partial charge in [0.2, 0.25) is 0 Å². The van der Waals surface area contributed by atoms with Crippen LogP contribution >= 0.6 is 11.8 Å². The van der Waals surface area contributed by atoms with Crippen molar-refractivity contribution in [1.82, 2.24) is 19.9 Å². The third-order valence-corrected chi connectivity index (χ3v) is 5.07. The van der Waals surface area contributed by atoms with Gasteiger partial charge < -0.3 is 25.5 Å². The van der Waals surface area contributed by atoms with Gasteiger partial charge in [0.05, 0.1) is 13.2 Å². The van der Waals surface area contributed by atoms with Crippen molar-refractivity contribution in [2.75, 3.05) is 37.5 Å². The second-order valence-corrected chi connectivity index (χ2v) is 7.56. The van der Waals surface area contributed by atoms with Gasteiger partial charge in [-0.1, -0.05) is 23.9 Å². The fourth-order valence-electron chi connectivity index (χ4n) is 2.59. The summed E-state index contributed by atoms with van der Waals surface area (Å²) >= 11 is 1.07. The Kier molecular flexibility index (Phi) is 7.71. The Balaban J connectivity index is 1.96. The van der Waals surface area contributed by atoms with E-state index >= 15 is 0 Å². The van der Waals surface area contributed by atoms with Gasteiger partial charge in [-0.15, -0.1) is 0 Å². The van der Waals surface area contributed by atoms with Gasteiger partial charge in [-0.05, 0) is 13.0 Å². The number of thioether (sulfide) groups is 1. The molecule has 0 bridgehead atoms. The molecule has 0 saturated carbocycles. The van der Waals surface area contributed by atoms with Gasteiger partial charge >= 0.3 is 0 Å². The highest BCUT2D eigenvalue weighted by Crippen LogP contribution is 2.26. The quantitative estimate of drug-likeness (QED) is 0.208. The molecule has 1 atom stereocenters. The molecule has 1 aromatic carbocycles. The Bertz CT molecular complexity index is 1110. The fraction of sp³-hybridized carbons (Fsp3) is 0.368. The van der Waals surface area contributed by atoms with Gasteiger partial charge in [0.1, 0.15) is 0 Å². The van der Waals surface area contributed by atoms with Gasteiger partial charge in [-0.3, -0.25) is 4.79 Å². The van der Waals surface area contributed by atoms with Crippen molar-refractivity contribution in [3.63, 3.8) is 0 Å². The molecule has 12 heteroatoms. The van der Waals surface area contributed by atoms with E-state index in [-0.39, 0.29) is 40.6 Å². The molecule has 4 N–H and O–H groups in total. The zero-order chi connectivity index (χ0) is 22.4. The van der Waals surface area contributed by atoms with Crippen LogP contribution in [0.3, 0.4) is 0 Å². The number of ether oxygens (including phenoxy) is 1. The first-order chi connectivity index (χ1) is 14.9. The summed E-state index contributed by atoms with van der Waals surface area (Å²) < 4.78 is 32.3. The van der Waals surface area contributed by atoms with Crippen molar-refractivity contribution in [3.05, 3.63) is 45.8 Å². The van der Waals surface area contributed by atoms with Gasteiger partial charge in [0.25, 0.3) is 5.56 Å². The number of aromatic nitrogens is 4. The number of anilines is 2. The minimum Gasteiger partial charge on any atom is -0.394 e. The van der Waals surface area contributed by atoms with Crippen molar-refractivity contribution >= 4 is 34.6 Å². The number of aliphatic hydroxyl groups is 1. The van der Waals surface area contributed by atoms with Gasteiger partial charge in [0, 0.05) is 31.0 Å². The summed E-state index contributed by atoms with van der Waals surface area (Å²) in [4.78, 5) is 28.0. The number of methoxy groups -OCH3 is 1. The number of fused-ring (bicyclic) bond motifs is 1. The summed E-state index contributed by atoms with van der Waals surface area (Å²) in [7, 11) is 1.54. The largest absolute Gasteiger partial charge is 0.394 e. The molecule has 0 fully saturated rings. The highest BCUT2D eigenvalue weighted by molar-refractivity contribution is 7.98. The first-order valence-electron chi connectivity index (χ1n) is 9.41. The maximum absolute atomic E-state index is 13.9. The summed E-state index contributed by atoms with van der Waals surface area (Å²) in [6, 6.07) is 3.59. The van der Waals surface area contributed by atoms with Gasteiger partial charge in [-0.2, -0.15) is 0 Å². The molecule has 0 aliphatic heterocycles. The van der Waals surface area contributed by atoms with Crippen LogP contribution in [0.1, 0.15) is 12.5 Å². The van der Waals surface area contributed by atoms with E-state index in [0.717, 1.165) is 17.8 Å². The Morgan fingerprint density at radius 1 is 1.26 bits per heavy atom. The first-order valence-corrected chi connectivity index (χ1v) is 10.4. The number of rotatable bonds is 10. The second-order valence-electron chi connectivity index (χ2n) is 6.62. The monoisotopic (exact) mass is 452 g/mol. The minimum absolute atomic E-state index is 0.0788. The van der Waals surface area contributed by atoms with Gasteiger partial charge in [-0.25, -0.2) is 23.7 Å². The Hall–Kier alpha value is -2.83. The predicted molar refractivity (Wildman–Crippen MR) is 114 cm³/mol. The Morgan fingerprint density at radius 2 is 2.06 bits per heavy atom. The zero-order valence-corrected chi connectivity index (χ0v) is 17.7. The lowest BCUT2D eigenvalue weighted by molar-refractivity contribution is 0.210. The maximum atomic E-state index is 13.9. The van der Waals surface area contributed by atoms with Crippen molar-refractivity contribution in [1.29, 1.82) is 0 Å². The third kappa shape index (κ3) is 5.66. The van der Waals surface area contributed by atoms with E-state index in [4.69, 9.17) is 4.74 Å². The molecular formula is C19H22F2N6O3S. The Morgan fingerprint density at radius 3 is 2.81 bits per heavy atom. The van der Waals surface area contributed by atoms with Gasteiger partial charge in [0.15, 0.2) is 39.6 Å². The van der Waals surface area contributed by atoms with Crippen molar-refractivity contribution < 1.29 is 18.6 Å². The molecule has 0 radical (unpaired) electrons. The molecule has 0 amide bonds. The average Bonchev–Trinajstić information content (AvgIpc) is 2.75. The van der Waals surface area contributed by atoms with Crippen LogP contribution in [0.2, 0.25) is 0 Å². The van der Waals surface area contributed by atoms with E-state index in [9.17, 15) is 18.7 Å². The third-order valence-electron chi connectivity index (χ3n) is 4.18. The van der Waals surface area contributed by atoms with E-state index < -0.39 is 17.2 Å². The lowest BCUT2D eigenvalue weighted by atomic mass is 10.2. The highest BCUT2D eigenvalue weighted by atomic mass is 32.2. The predicted octanol–water partition coefficient (Wildman–Crippen LogP) is 2.13. The number of hydrogen-bond donors (Lipinski definition) is 4. The number of aliphatic hydroxyl groups excluding tert-OH is 1. The molecule has 0 aliphatic rings. The second kappa shape index (κ2) is 10.5. The Labute approximate surface area is 180 Å². The lowest BCUT2D eigenvalue weighted by Crippen LogP contribution is -2.23. The number of benzene rings is 1. The molecule has 0 spiro atoms. The number of hydrogen-bond acceptors (Lipinski definition) is 9. The first kappa shape index (κ1) is 22.8. The lowest BCUT2D eigenvalue weighted by Gasteiger charge is -2.14. The molecular weight excluding hydrogens is 430 g/mol. The smallest absolute Gasteiger partial charge is 0.292 e. The molecule has 2 aromatic heterocycles. The molecule has 0 aliphatic carbocycles. The molecule has 9 nitrogen and oxygen atoms in total. The van der Waals surface area contributed by atoms with Crippen LogP contribution in [-0.2, 0) is 10.5 Å². The molecule has 1 unspecified atom stereocenters. The standard InChI is InChI=1S/C19H22F2N6O3S/c1-10(8-28)23-15-14-16(25-18(29)17(24-14)22-6-7-30-2)27-19(26-15)31-9-11-4-3-5-12(20)13(11)21/h3-5,10,28H,6-9H2,1-2H3,(H,22,24)(H2,23,25,26,27,29). The summed E-state index contributed by atoms with van der Waals surface area (Å²) in [6.07, 6.45) is 0. The van der Waals surface area contributed by atoms with Crippen LogP contribution < -0.4 is 16.2 Å². The zero-order valence-electron chi connectivity index (χ0n) is 16.9. The maximum Gasteiger partial charge on any atom is 0.292 e. The van der Waals surface area contributed by atoms with Crippen molar-refractivity contribution in [3.8, 4) is 0 Å². The van der Waals surface area contributed by atoms with E-state index in [2.05, 4.69) is 30.6 Å². The van der Waals surface area contributed by atoms with E-state index in [1.54, 1.807) is 14.0 Å². The van der Waals surface area contributed by atoms with Crippen LogP contribution in [0.25, 0.3) is 11.2 Å². The summed E-state index contributed by atoms with van der Waals surface area (Å²) in [5.41, 5.74) is 0.153. The fourth-order valence-corrected chi connectivity index (χ4v) is 3.41. The summed E-state index contributed by atoms with van der Waals surface area (Å²) in [6.45, 7) is 2.34. The minimum atomic E-state index is -0.932. The molecule has 3 aromatic rings.